The summed E-state index contributed by atoms with van der Waals surface area (Å²) < 4.78 is 1.65. The SMILES string of the molecule is Cc1c(C(O)Cl)nn(-c2ccc(Cl)cc2Cl)c1-c1ccc(Cl)cc1. The third-order valence-corrected chi connectivity index (χ3v) is 4.64. The molecule has 2 aromatic carbocycles. The quantitative estimate of drug-likeness (QED) is 0.543. The number of hydrogen-bond acceptors (Lipinski definition) is 2. The van der Waals surface area contributed by atoms with Crippen LogP contribution in [-0.2, 0) is 0 Å². The van der Waals surface area contributed by atoms with Gasteiger partial charge in [-0.05, 0) is 37.3 Å². The van der Waals surface area contributed by atoms with Crippen molar-refractivity contribution >= 4 is 46.4 Å². The van der Waals surface area contributed by atoms with E-state index in [0.717, 1.165) is 16.8 Å². The van der Waals surface area contributed by atoms with Gasteiger partial charge in [-0.1, -0.05) is 58.5 Å². The Labute approximate surface area is 159 Å². The van der Waals surface area contributed by atoms with Crippen molar-refractivity contribution in [2.24, 2.45) is 0 Å². The van der Waals surface area contributed by atoms with Gasteiger partial charge in [0.05, 0.1) is 16.4 Å². The van der Waals surface area contributed by atoms with Crippen LogP contribution in [0.4, 0.5) is 0 Å². The Morgan fingerprint density at radius 2 is 1.62 bits per heavy atom. The minimum Gasteiger partial charge on any atom is -0.372 e. The molecule has 3 nitrogen and oxygen atoms in total. The second-order valence-corrected chi connectivity index (χ2v) is 6.90. The highest BCUT2D eigenvalue weighted by atomic mass is 35.5. The molecule has 0 aliphatic rings. The normalized spacial score (nSPS) is 12.4. The first-order chi connectivity index (χ1) is 11.4. The molecule has 0 bridgehead atoms. The van der Waals surface area contributed by atoms with Gasteiger partial charge in [-0.25, -0.2) is 4.68 Å². The summed E-state index contributed by atoms with van der Waals surface area (Å²) in [4.78, 5) is 0. The standard InChI is InChI=1S/C17H12Cl4N2O/c1-9-15(17(21)24)22-23(14-7-6-12(19)8-13(14)20)16(9)10-2-4-11(18)5-3-10/h2-8,17,24H,1H3. The average Bonchev–Trinajstić information content (AvgIpc) is 2.86. The summed E-state index contributed by atoms with van der Waals surface area (Å²) in [5, 5.41) is 15.8. The summed E-state index contributed by atoms with van der Waals surface area (Å²) in [5.74, 6) is 0. The Hall–Kier alpha value is -1.23. The van der Waals surface area contributed by atoms with Crippen molar-refractivity contribution in [2.45, 2.75) is 12.5 Å². The zero-order valence-corrected chi connectivity index (χ0v) is 15.5. The summed E-state index contributed by atoms with van der Waals surface area (Å²) in [7, 11) is 0. The Morgan fingerprint density at radius 3 is 2.21 bits per heavy atom. The number of alkyl halides is 1. The van der Waals surface area contributed by atoms with Crippen molar-refractivity contribution < 1.29 is 5.11 Å². The summed E-state index contributed by atoms with van der Waals surface area (Å²) in [6.07, 6.45) is 0. The van der Waals surface area contributed by atoms with Gasteiger partial charge >= 0.3 is 0 Å². The van der Waals surface area contributed by atoms with E-state index in [4.69, 9.17) is 46.4 Å². The average molecular weight is 402 g/mol. The van der Waals surface area contributed by atoms with Crippen molar-refractivity contribution in [1.29, 1.82) is 0 Å². The van der Waals surface area contributed by atoms with Gasteiger partial charge < -0.3 is 5.11 Å². The van der Waals surface area contributed by atoms with Crippen molar-refractivity contribution in [3.05, 3.63) is 68.8 Å². The molecule has 3 rings (SSSR count). The lowest BCUT2D eigenvalue weighted by Crippen LogP contribution is -2.01. The van der Waals surface area contributed by atoms with Crippen molar-refractivity contribution in [3.63, 3.8) is 0 Å². The van der Waals surface area contributed by atoms with Crippen LogP contribution in [0.2, 0.25) is 15.1 Å². The predicted octanol–water partition coefficient (Wildman–Crippen LogP) is 6.04. The van der Waals surface area contributed by atoms with E-state index in [9.17, 15) is 5.11 Å². The van der Waals surface area contributed by atoms with Crippen LogP contribution in [-0.4, -0.2) is 14.9 Å². The number of aromatic nitrogens is 2. The van der Waals surface area contributed by atoms with E-state index in [1.807, 2.05) is 19.1 Å². The molecule has 3 aromatic rings. The monoisotopic (exact) mass is 400 g/mol. The van der Waals surface area contributed by atoms with Gasteiger partial charge in [-0.2, -0.15) is 5.10 Å². The molecule has 0 saturated carbocycles. The van der Waals surface area contributed by atoms with Crippen LogP contribution in [0.15, 0.2) is 42.5 Å². The molecule has 1 N–H and O–H groups in total. The molecule has 7 heteroatoms. The highest BCUT2D eigenvalue weighted by Crippen LogP contribution is 2.35. The molecule has 1 atom stereocenters. The first kappa shape index (κ1) is 17.6. The molecular weight excluding hydrogens is 390 g/mol. The maximum absolute atomic E-state index is 9.81. The van der Waals surface area contributed by atoms with Crippen LogP contribution >= 0.6 is 46.4 Å². The molecule has 0 radical (unpaired) electrons. The van der Waals surface area contributed by atoms with E-state index < -0.39 is 5.56 Å². The Balaban J connectivity index is 2.28. The van der Waals surface area contributed by atoms with Gasteiger partial charge in [0, 0.05) is 21.2 Å². The zero-order chi connectivity index (χ0) is 17.4. The second-order valence-electron chi connectivity index (χ2n) is 5.21. The van der Waals surface area contributed by atoms with E-state index in [0.29, 0.717) is 26.4 Å². The largest absolute Gasteiger partial charge is 0.372 e. The van der Waals surface area contributed by atoms with E-state index >= 15 is 0 Å². The van der Waals surface area contributed by atoms with Crippen molar-refractivity contribution in [3.8, 4) is 16.9 Å². The summed E-state index contributed by atoms with van der Waals surface area (Å²) in [5.41, 5.74) is 2.18. The predicted molar refractivity (Wildman–Crippen MR) is 99.6 cm³/mol. The lowest BCUT2D eigenvalue weighted by Gasteiger charge is -2.11. The number of aliphatic hydroxyl groups excluding tert-OH is 1. The van der Waals surface area contributed by atoms with E-state index in [-0.39, 0.29) is 0 Å². The number of halogens is 4. The smallest absolute Gasteiger partial charge is 0.172 e. The number of rotatable bonds is 3. The molecule has 1 aromatic heterocycles. The van der Waals surface area contributed by atoms with Crippen LogP contribution in [0.25, 0.3) is 16.9 Å². The molecule has 0 spiro atoms. The van der Waals surface area contributed by atoms with Crippen LogP contribution in [0, 0.1) is 6.92 Å². The van der Waals surface area contributed by atoms with E-state index in [1.54, 1.807) is 35.0 Å². The van der Waals surface area contributed by atoms with Gasteiger partial charge in [-0.3, -0.25) is 0 Å². The fourth-order valence-corrected chi connectivity index (χ4v) is 3.33. The van der Waals surface area contributed by atoms with E-state index in [2.05, 4.69) is 5.10 Å². The van der Waals surface area contributed by atoms with Crippen molar-refractivity contribution in [2.75, 3.05) is 0 Å². The fourth-order valence-electron chi connectivity index (χ4n) is 2.51. The second kappa shape index (κ2) is 6.95. The molecule has 1 unspecified atom stereocenters. The minimum atomic E-state index is -1.22. The van der Waals surface area contributed by atoms with Gasteiger partial charge in [-0.15, -0.1) is 0 Å². The molecule has 0 aliphatic carbocycles. The van der Waals surface area contributed by atoms with Crippen LogP contribution in [0.3, 0.4) is 0 Å². The molecule has 1 heterocycles. The molecule has 124 valence electrons. The molecule has 0 saturated heterocycles. The van der Waals surface area contributed by atoms with Crippen molar-refractivity contribution in [1.82, 2.24) is 9.78 Å². The van der Waals surface area contributed by atoms with Crippen LogP contribution in [0.1, 0.15) is 16.8 Å². The Kier molecular flexibility index (Phi) is 5.09. The van der Waals surface area contributed by atoms with Crippen LogP contribution in [0.5, 0.6) is 0 Å². The van der Waals surface area contributed by atoms with Gasteiger partial charge in [0.25, 0.3) is 0 Å². The third kappa shape index (κ3) is 3.28. The highest BCUT2D eigenvalue weighted by molar-refractivity contribution is 6.35. The number of hydrogen-bond donors (Lipinski definition) is 1. The third-order valence-electron chi connectivity index (χ3n) is 3.64. The Morgan fingerprint density at radius 1 is 1.00 bits per heavy atom. The van der Waals surface area contributed by atoms with Gasteiger partial charge in [0.15, 0.2) is 5.56 Å². The van der Waals surface area contributed by atoms with Crippen LogP contribution < -0.4 is 0 Å². The summed E-state index contributed by atoms with van der Waals surface area (Å²) >= 11 is 24.1. The number of benzene rings is 2. The lowest BCUT2D eigenvalue weighted by molar-refractivity contribution is 0.256. The fraction of sp³-hybridized carbons (Fsp3) is 0.118. The minimum absolute atomic E-state index is 0.368. The zero-order valence-electron chi connectivity index (χ0n) is 12.5. The molecule has 0 aliphatic heterocycles. The lowest BCUT2D eigenvalue weighted by atomic mass is 10.1. The molecule has 0 amide bonds. The summed E-state index contributed by atoms with van der Waals surface area (Å²) in [6, 6.07) is 12.4. The maximum atomic E-state index is 9.81. The topological polar surface area (TPSA) is 38.1 Å². The van der Waals surface area contributed by atoms with Gasteiger partial charge in [0.2, 0.25) is 0 Å². The maximum Gasteiger partial charge on any atom is 0.172 e. The molecule has 24 heavy (non-hydrogen) atoms. The highest BCUT2D eigenvalue weighted by Gasteiger charge is 2.22. The number of aliphatic hydroxyl groups is 1. The first-order valence-electron chi connectivity index (χ1n) is 7.01. The summed E-state index contributed by atoms with van der Waals surface area (Å²) in [6.45, 7) is 1.85. The first-order valence-corrected chi connectivity index (χ1v) is 8.58. The molecule has 0 fully saturated rings. The van der Waals surface area contributed by atoms with Gasteiger partial charge in [0.1, 0.15) is 5.69 Å². The molecular formula is C17H12Cl4N2O. The van der Waals surface area contributed by atoms with E-state index in [1.165, 1.54) is 0 Å². The number of nitrogens with zero attached hydrogens (tertiary/aromatic N) is 2. The Bertz CT molecular complexity index is 888.